The third-order valence-electron chi connectivity index (χ3n) is 2.30. The summed E-state index contributed by atoms with van der Waals surface area (Å²) >= 11 is 0. The third kappa shape index (κ3) is 5.71. The summed E-state index contributed by atoms with van der Waals surface area (Å²) in [5, 5.41) is 9.77. The zero-order valence-corrected chi connectivity index (χ0v) is 8.84. The van der Waals surface area contributed by atoms with Crippen LogP contribution in [0.5, 0.6) is 0 Å². The first-order valence-corrected chi connectivity index (χ1v) is 5.19. The fourth-order valence-corrected chi connectivity index (χ4v) is 1.61. The van der Waals surface area contributed by atoms with Gasteiger partial charge in [0.2, 0.25) is 0 Å². The maximum Gasteiger partial charge on any atom is 0.0677 e. The van der Waals surface area contributed by atoms with Gasteiger partial charge in [0.05, 0.1) is 6.10 Å². The van der Waals surface area contributed by atoms with E-state index in [0.29, 0.717) is 12.3 Å². The van der Waals surface area contributed by atoms with Crippen LogP contribution in [0.25, 0.3) is 0 Å². The van der Waals surface area contributed by atoms with E-state index in [9.17, 15) is 5.11 Å². The van der Waals surface area contributed by atoms with Crippen molar-refractivity contribution in [1.29, 1.82) is 0 Å². The first kappa shape index (κ1) is 12.5. The lowest BCUT2D eigenvalue weighted by Gasteiger charge is -2.19. The SMILES string of the molecule is [CH2]C#CCC(O)C(CCC)CCC. The van der Waals surface area contributed by atoms with Gasteiger partial charge in [-0.2, -0.15) is 0 Å². The highest BCUT2D eigenvalue weighted by Crippen LogP contribution is 2.19. The summed E-state index contributed by atoms with van der Waals surface area (Å²) in [4.78, 5) is 0. The Hall–Kier alpha value is -0.480. The Bertz CT molecular complexity index is 158. The maximum atomic E-state index is 9.77. The minimum Gasteiger partial charge on any atom is -0.392 e. The summed E-state index contributed by atoms with van der Waals surface area (Å²) in [6.07, 6.45) is 4.81. The molecular weight excluding hydrogens is 160 g/mol. The molecule has 13 heavy (non-hydrogen) atoms. The molecule has 0 aliphatic carbocycles. The minimum absolute atomic E-state index is 0.255. The molecule has 0 aliphatic heterocycles. The second kappa shape index (κ2) is 8.13. The summed E-state index contributed by atoms with van der Waals surface area (Å²) in [5.41, 5.74) is 0. The largest absolute Gasteiger partial charge is 0.392 e. The molecule has 0 rings (SSSR count). The number of aliphatic hydroxyl groups is 1. The van der Waals surface area contributed by atoms with Crippen molar-refractivity contribution in [3.8, 4) is 11.8 Å². The average molecular weight is 181 g/mol. The molecule has 0 amide bonds. The molecule has 0 aromatic carbocycles. The molecule has 0 aromatic heterocycles. The van der Waals surface area contributed by atoms with Crippen LogP contribution in [0.3, 0.4) is 0 Å². The molecule has 0 bridgehead atoms. The summed E-state index contributed by atoms with van der Waals surface area (Å²) in [5.74, 6) is 5.84. The first-order chi connectivity index (χ1) is 6.26. The van der Waals surface area contributed by atoms with Gasteiger partial charge in [-0.3, -0.25) is 0 Å². The number of aliphatic hydroxyl groups excluding tert-OH is 1. The van der Waals surface area contributed by atoms with Crippen LogP contribution >= 0.6 is 0 Å². The Morgan fingerprint density at radius 1 is 1.23 bits per heavy atom. The van der Waals surface area contributed by atoms with Crippen molar-refractivity contribution < 1.29 is 5.11 Å². The van der Waals surface area contributed by atoms with Crippen molar-refractivity contribution in [2.45, 2.75) is 52.1 Å². The van der Waals surface area contributed by atoms with Gasteiger partial charge in [0, 0.05) is 13.3 Å². The van der Waals surface area contributed by atoms with E-state index in [-0.39, 0.29) is 6.10 Å². The van der Waals surface area contributed by atoms with Crippen molar-refractivity contribution in [3.63, 3.8) is 0 Å². The Morgan fingerprint density at radius 3 is 2.15 bits per heavy atom. The lowest BCUT2D eigenvalue weighted by Crippen LogP contribution is -2.19. The molecule has 0 fully saturated rings. The lowest BCUT2D eigenvalue weighted by atomic mass is 9.91. The molecule has 1 unspecified atom stereocenters. The molecule has 1 radical (unpaired) electrons. The highest BCUT2D eigenvalue weighted by Gasteiger charge is 2.15. The Balaban J connectivity index is 3.91. The van der Waals surface area contributed by atoms with E-state index in [1.807, 2.05) is 0 Å². The summed E-state index contributed by atoms with van der Waals surface area (Å²) in [7, 11) is 0. The van der Waals surface area contributed by atoms with Crippen LogP contribution in [-0.2, 0) is 0 Å². The van der Waals surface area contributed by atoms with Gasteiger partial charge in [0.15, 0.2) is 0 Å². The van der Waals surface area contributed by atoms with E-state index in [1.54, 1.807) is 0 Å². The standard InChI is InChI=1S/C12H21O/c1-4-7-10-12(13)11(8-5-2)9-6-3/h11-13H,1,5-6,8-10H2,2-3H3. The van der Waals surface area contributed by atoms with Crippen molar-refractivity contribution in [2.24, 2.45) is 5.92 Å². The minimum atomic E-state index is -0.255. The topological polar surface area (TPSA) is 20.2 Å². The molecule has 1 heteroatoms. The monoisotopic (exact) mass is 181 g/mol. The fraction of sp³-hybridized carbons (Fsp3) is 0.750. The lowest BCUT2D eigenvalue weighted by molar-refractivity contribution is 0.101. The van der Waals surface area contributed by atoms with Crippen LogP contribution < -0.4 is 0 Å². The molecule has 0 saturated carbocycles. The molecule has 0 aliphatic rings. The summed E-state index contributed by atoms with van der Waals surface area (Å²) in [6.45, 7) is 7.75. The fourth-order valence-electron chi connectivity index (χ4n) is 1.61. The number of hydrogen-bond donors (Lipinski definition) is 1. The van der Waals surface area contributed by atoms with Crippen LogP contribution in [0, 0.1) is 24.7 Å². The van der Waals surface area contributed by atoms with E-state index in [1.165, 1.54) is 0 Å². The van der Waals surface area contributed by atoms with E-state index >= 15 is 0 Å². The van der Waals surface area contributed by atoms with E-state index < -0.39 is 0 Å². The van der Waals surface area contributed by atoms with Gasteiger partial charge in [-0.25, -0.2) is 0 Å². The van der Waals surface area contributed by atoms with Crippen LogP contribution in [-0.4, -0.2) is 11.2 Å². The molecular formula is C12H21O. The summed E-state index contributed by atoms with van der Waals surface area (Å²) < 4.78 is 0. The van der Waals surface area contributed by atoms with Gasteiger partial charge in [-0.05, 0) is 18.8 Å². The molecule has 0 aromatic rings. The molecule has 1 N–H and O–H groups in total. The average Bonchev–Trinajstić information content (AvgIpc) is 2.14. The van der Waals surface area contributed by atoms with Gasteiger partial charge < -0.3 is 5.11 Å². The highest BCUT2D eigenvalue weighted by molar-refractivity contribution is 5.02. The van der Waals surface area contributed by atoms with Crippen LogP contribution in [0.2, 0.25) is 0 Å². The van der Waals surface area contributed by atoms with E-state index in [0.717, 1.165) is 25.7 Å². The summed E-state index contributed by atoms with van der Waals surface area (Å²) in [6, 6.07) is 0. The van der Waals surface area contributed by atoms with E-state index in [4.69, 9.17) is 0 Å². The van der Waals surface area contributed by atoms with Gasteiger partial charge in [0.1, 0.15) is 0 Å². The van der Waals surface area contributed by atoms with Crippen molar-refractivity contribution >= 4 is 0 Å². The number of hydrogen-bond acceptors (Lipinski definition) is 1. The Morgan fingerprint density at radius 2 is 1.77 bits per heavy atom. The normalized spacial score (nSPS) is 12.4. The second-order valence-corrected chi connectivity index (χ2v) is 3.46. The molecule has 1 atom stereocenters. The molecule has 75 valence electrons. The van der Waals surface area contributed by atoms with Gasteiger partial charge in [0.25, 0.3) is 0 Å². The predicted octanol–water partition coefficient (Wildman–Crippen LogP) is 2.79. The Labute approximate surface area is 82.5 Å². The van der Waals surface area contributed by atoms with Crippen molar-refractivity contribution in [2.75, 3.05) is 0 Å². The van der Waals surface area contributed by atoms with Gasteiger partial charge >= 0.3 is 0 Å². The smallest absolute Gasteiger partial charge is 0.0677 e. The van der Waals surface area contributed by atoms with Crippen molar-refractivity contribution in [3.05, 3.63) is 6.92 Å². The number of rotatable bonds is 6. The Kier molecular flexibility index (Phi) is 7.83. The second-order valence-electron chi connectivity index (χ2n) is 3.46. The first-order valence-electron chi connectivity index (χ1n) is 5.19. The zero-order chi connectivity index (χ0) is 10.1. The van der Waals surface area contributed by atoms with Gasteiger partial charge in [-0.1, -0.05) is 26.7 Å². The predicted molar refractivity (Wildman–Crippen MR) is 57.1 cm³/mol. The molecule has 0 spiro atoms. The highest BCUT2D eigenvalue weighted by atomic mass is 16.3. The van der Waals surface area contributed by atoms with Crippen LogP contribution in [0.4, 0.5) is 0 Å². The van der Waals surface area contributed by atoms with E-state index in [2.05, 4.69) is 32.6 Å². The van der Waals surface area contributed by atoms with Crippen LogP contribution in [0.15, 0.2) is 0 Å². The van der Waals surface area contributed by atoms with Crippen molar-refractivity contribution in [1.82, 2.24) is 0 Å². The zero-order valence-electron chi connectivity index (χ0n) is 8.84. The maximum absolute atomic E-state index is 9.77. The third-order valence-corrected chi connectivity index (χ3v) is 2.30. The molecule has 0 saturated heterocycles. The molecule has 0 heterocycles. The molecule has 1 nitrogen and oxygen atoms in total. The van der Waals surface area contributed by atoms with Gasteiger partial charge in [-0.15, -0.1) is 11.8 Å². The quantitative estimate of drug-likeness (QED) is 0.625. The van der Waals surface area contributed by atoms with Crippen LogP contribution in [0.1, 0.15) is 46.0 Å².